The van der Waals surface area contributed by atoms with Crippen molar-refractivity contribution < 1.29 is 18.7 Å². The zero-order valence-electron chi connectivity index (χ0n) is 13.9. The van der Waals surface area contributed by atoms with Crippen molar-refractivity contribution in [2.75, 3.05) is 13.3 Å². The molecule has 0 N–H and O–H groups in total. The highest BCUT2D eigenvalue weighted by molar-refractivity contribution is 5.92. The molecule has 0 bridgehead atoms. The zero-order chi connectivity index (χ0) is 17.4. The van der Waals surface area contributed by atoms with E-state index in [2.05, 4.69) is 0 Å². The van der Waals surface area contributed by atoms with Crippen molar-refractivity contribution in [1.29, 1.82) is 0 Å². The van der Waals surface area contributed by atoms with E-state index in [9.17, 15) is 9.18 Å². The second-order valence-electron chi connectivity index (χ2n) is 6.25. The molecule has 2 aliphatic heterocycles. The molecule has 0 fully saturated rings. The van der Waals surface area contributed by atoms with Crippen LogP contribution < -0.4 is 9.47 Å². The van der Waals surface area contributed by atoms with Crippen LogP contribution in [0.4, 0.5) is 4.39 Å². The molecule has 2 aromatic carbocycles. The molecule has 4 nitrogen and oxygen atoms in total. The average molecular weight is 339 g/mol. The highest BCUT2D eigenvalue weighted by Gasteiger charge is 2.26. The Morgan fingerprint density at radius 3 is 2.92 bits per heavy atom. The summed E-state index contributed by atoms with van der Waals surface area (Å²) in [5.74, 6) is 1.05. The Morgan fingerprint density at radius 2 is 2.04 bits per heavy atom. The molecule has 0 radical (unpaired) electrons. The fourth-order valence-electron chi connectivity index (χ4n) is 3.37. The Hall–Kier alpha value is -2.82. The van der Waals surface area contributed by atoms with Gasteiger partial charge in [0, 0.05) is 12.6 Å². The van der Waals surface area contributed by atoms with E-state index in [1.807, 2.05) is 31.2 Å². The van der Waals surface area contributed by atoms with Gasteiger partial charge in [-0.1, -0.05) is 12.1 Å². The lowest BCUT2D eigenvalue weighted by Gasteiger charge is -2.34. The Bertz CT molecular complexity index is 862. The van der Waals surface area contributed by atoms with Crippen LogP contribution in [-0.2, 0) is 11.2 Å². The van der Waals surface area contributed by atoms with Crippen LogP contribution in [0.1, 0.15) is 29.7 Å². The summed E-state index contributed by atoms with van der Waals surface area (Å²) >= 11 is 0. The maximum atomic E-state index is 13.5. The number of rotatable bonds is 2. The SMILES string of the molecule is CC1c2cc(F)ccc2CCN1C(=O)/C=C/c1ccc2c(c1)OCO2. The van der Waals surface area contributed by atoms with E-state index >= 15 is 0 Å². The topological polar surface area (TPSA) is 38.8 Å². The predicted molar refractivity (Wildman–Crippen MR) is 91.8 cm³/mol. The van der Waals surface area contributed by atoms with Crippen molar-refractivity contribution in [3.05, 3.63) is 65.0 Å². The van der Waals surface area contributed by atoms with E-state index < -0.39 is 0 Å². The van der Waals surface area contributed by atoms with Gasteiger partial charge in [0.05, 0.1) is 6.04 Å². The van der Waals surface area contributed by atoms with Crippen LogP contribution in [0.2, 0.25) is 0 Å². The number of benzene rings is 2. The van der Waals surface area contributed by atoms with Gasteiger partial charge in [0.25, 0.3) is 0 Å². The molecular weight excluding hydrogens is 321 g/mol. The van der Waals surface area contributed by atoms with Gasteiger partial charge in [-0.2, -0.15) is 0 Å². The summed E-state index contributed by atoms with van der Waals surface area (Å²) in [6, 6.07) is 10.2. The summed E-state index contributed by atoms with van der Waals surface area (Å²) in [7, 11) is 0. The number of hydrogen-bond donors (Lipinski definition) is 0. The Kier molecular flexibility index (Phi) is 3.92. The van der Waals surface area contributed by atoms with E-state index in [0.29, 0.717) is 18.0 Å². The minimum atomic E-state index is -0.268. The largest absolute Gasteiger partial charge is 0.454 e. The monoisotopic (exact) mass is 339 g/mol. The van der Waals surface area contributed by atoms with Crippen LogP contribution in [-0.4, -0.2) is 24.1 Å². The Balaban J connectivity index is 1.51. The number of carbonyl (C=O) groups is 1. The van der Waals surface area contributed by atoms with Gasteiger partial charge in [-0.15, -0.1) is 0 Å². The van der Waals surface area contributed by atoms with E-state index in [4.69, 9.17) is 9.47 Å². The third kappa shape index (κ3) is 2.97. The fraction of sp³-hybridized carbons (Fsp3) is 0.250. The van der Waals surface area contributed by atoms with Crippen LogP contribution in [0, 0.1) is 5.82 Å². The fourth-order valence-corrected chi connectivity index (χ4v) is 3.37. The Morgan fingerprint density at radius 1 is 1.20 bits per heavy atom. The molecule has 25 heavy (non-hydrogen) atoms. The molecule has 0 aliphatic carbocycles. The second kappa shape index (κ2) is 6.24. The van der Waals surface area contributed by atoms with E-state index in [-0.39, 0.29) is 24.6 Å². The minimum absolute atomic E-state index is 0.0833. The molecule has 2 heterocycles. The normalized spacial score (nSPS) is 18.5. The summed E-state index contributed by atoms with van der Waals surface area (Å²) in [4.78, 5) is 14.4. The van der Waals surface area contributed by atoms with Gasteiger partial charge in [-0.3, -0.25) is 4.79 Å². The number of ether oxygens (including phenoxy) is 2. The first-order chi connectivity index (χ1) is 12.1. The van der Waals surface area contributed by atoms with Gasteiger partial charge in [-0.25, -0.2) is 4.39 Å². The number of carbonyl (C=O) groups excluding carboxylic acids is 1. The molecule has 1 amide bonds. The van der Waals surface area contributed by atoms with Gasteiger partial charge in [0.2, 0.25) is 12.7 Å². The minimum Gasteiger partial charge on any atom is -0.454 e. The van der Waals surface area contributed by atoms with E-state index in [1.54, 1.807) is 17.1 Å². The molecule has 1 unspecified atom stereocenters. The van der Waals surface area contributed by atoms with Crippen LogP contribution >= 0.6 is 0 Å². The first-order valence-corrected chi connectivity index (χ1v) is 8.28. The second-order valence-corrected chi connectivity index (χ2v) is 6.25. The molecule has 128 valence electrons. The summed E-state index contributed by atoms with van der Waals surface area (Å²) in [5.41, 5.74) is 2.86. The van der Waals surface area contributed by atoms with Crippen LogP contribution in [0.25, 0.3) is 6.08 Å². The molecule has 2 aromatic rings. The maximum absolute atomic E-state index is 13.5. The van der Waals surface area contributed by atoms with Gasteiger partial charge in [-0.05, 0) is 60.4 Å². The molecule has 2 aliphatic rings. The van der Waals surface area contributed by atoms with Gasteiger partial charge < -0.3 is 14.4 Å². The summed E-state index contributed by atoms with van der Waals surface area (Å²) in [6.45, 7) is 2.79. The number of halogens is 1. The molecule has 0 saturated carbocycles. The maximum Gasteiger partial charge on any atom is 0.247 e. The van der Waals surface area contributed by atoms with E-state index in [0.717, 1.165) is 23.1 Å². The van der Waals surface area contributed by atoms with Crippen molar-refractivity contribution in [2.45, 2.75) is 19.4 Å². The third-order valence-corrected chi connectivity index (χ3v) is 4.75. The summed E-state index contributed by atoms with van der Waals surface area (Å²) in [5, 5.41) is 0. The molecule has 4 rings (SSSR count). The molecular formula is C20H18FNO3. The van der Waals surface area contributed by atoms with Crippen LogP contribution in [0.15, 0.2) is 42.5 Å². The molecule has 0 spiro atoms. The Labute approximate surface area is 145 Å². The first kappa shape index (κ1) is 15.7. The number of hydrogen-bond acceptors (Lipinski definition) is 3. The predicted octanol–water partition coefficient (Wildman–Crippen LogP) is 3.71. The lowest BCUT2D eigenvalue weighted by molar-refractivity contribution is -0.128. The standard InChI is InChI=1S/C20H18FNO3/c1-13-17-11-16(21)5-4-15(17)8-9-22(13)20(23)7-3-14-2-6-18-19(10-14)25-12-24-18/h2-7,10-11,13H,8-9,12H2,1H3/b7-3+. The van der Waals surface area contributed by atoms with Gasteiger partial charge in [0.15, 0.2) is 11.5 Å². The van der Waals surface area contributed by atoms with Crippen LogP contribution in [0.5, 0.6) is 11.5 Å². The number of fused-ring (bicyclic) bond motifs is 2. The molecule has 1 atom stereocenters. The van der Waals surface area contributed by atoms with Crippen molar-refractivity contribution in [2.24, 2.45) is 0 Å². The lowest BCUT2D eigenvalue weighted by Crippen LogP contribution is -2.37. The van der Waals surface area contributed by atoms with Crippen LogP contribution in [0.3, 0.4) is 0 Å². The summed E-state index contributed by atoms with van der Waals surface area (Å²) < 4.78 is 24.2. The zero-order valence-corrected chi connectivity index (χ0v) is 13.9. The number of nitrogens with zero attached hydrogens (tertiary/aromatic N) is 1. The van der Waals surface area contributed by atoms with Crippen molar-refractivity contribution >= 4 is 12.0 Å². The van der Waals surface area contributed by atoms with Gasteiger partial charge in [0.1, 0.15) is 5.82 Å². The van der Waals surface area contributed by atoms with Crippen molar-refractivity contribution in [3.63, 3.8) is 0 Å². The molecule has 5 heteroatoms. The highest BCUT2D eigenvalue weighted by Crippen LogP contribution is 2.33. The molecule has 0 aromatic heterocycles. The lowest BCUT2D eigenvalue weighted by atomic mass is 9.93. The summed E-state index contributed by atoms with van der Waals surface area (Å²) in [6.07, 6.45) is 4.06. The van der Waals surface area contributed by atoms with E-state index in [1.165, 1.54) is 12.1 Å². The van der Waals surface area contributed by atoms with Crippen molar-refractivity contribution in [1.82, 2.24) is 4.90 Å². The van der Waals surface area contributed by atoms with Crippen molar-refractivity contribution in [3.8, 4) is 11.5 Å². The van der Waals surface area contributed by atoms with Gasteiger partial charge >= 0.3 is 0 Å². The quantitative estimate of drug-likeness (QED) is 0.783. The first-order valence-electron chi connectivity index (χ1n) is 8.28. The average Bonchev–Trinajstić information content (AvgIpc) is 3.08. The third-order valence-electron chi connectivity index (χ3n) is 4.75. The highest BCUT2D eigenvalue weighted by atomic mass is 19.1. The smallest absolute Gasteiger partial charge is 0.247 e. The molecule has 0 saturated heterocycles. The number of amides is 1.